The molecule has 0 unspecified atom stereocenters. The van der Waals surface area contributed by atoms with Crippen LogP contribution in [0.2, 0.25) is 0 Å². The van der Waals surface area contributed by atoms with E-state index >= 15 is 4.39 Å². The van der Waals surface area contributed by atoms with Gasteiger partial charge in [-0.1, -0.05) is 0 Å². The summed E-state index contributed by atoms with van der Waals surface area (Å²) < 4.78 is 29.8. The van der Waals surface area contributed by atoms with Gasteiger partial charge >= 0.3 is 0 Å². The highest BCUT2D eigenvalue weighted by molar-refractivity contribution is 7.81. The molecule has 2 N–H and O–H groups in total. The molecule has 1 aromatic carbocycles. The molecule has 2 amide bonds. The fraction of sp³-hybridized carbons (Fsp3) is 0.200. The Labute approximate surface area is 210 Å². The largest absolute Gasteiger partial charge is 0.366 e. The van der Waals surface area contributed by atoms with Gasteiger partial charge in [0.25, 0.3) is 11.8 Å². The number of benzene rings is 1. The van der Waals surface area contributed by atoms with Crippen molar-refractivity contribution in [1.29, 1.82) is 5.26 Å². The van der Waals surface area contributed by atoms with Gasteiger partial charge in [0.15, 0.2) is 5.11 Å². The number of halogens is 2. The number of aromatic nitrogens is 2. The Hall–Kier alpha value is -4.30. The molecule has 0 radical (unpaired) electrons. The van der Waals surface area contributed by atoms with E-state index in [2.05, 4.69) is 9.97 Å². The molecule has 1 saturated heterocycles. The smallest absolute Gasteiger partial charge is 0.259 e. The van der Waals surface area contributed by atoms with Crippen molar-refractivity contribution in [2.24, 2.45) is 5.73 Å². The van der Waals surface area contributed by atoms with E-state index in [4.69, 9.17) is 18.0 Å². The number of thiocarbonyl (C=S) groups is 1. The molecule has 5 rings (SSSR count). The van der Waals surface area contributed by atoms with Gasteiger partial charge in [-0.15, -0.1) is 0 Å². The fourth-order valence-corrected chi connectivity index (χ4v) is 5.21. The van der Waals surface area contributed by atoms with Gasteiger partial charge in [-0.2, -0.15) is 5.26 Å². The predicted molar refractivity (Wildman–Crippen MR) is 131 cm³/mol. The van der Waals surface area contributed by atoms with E-state index in [1.807, 2.05) is 6.07 Å². The second kappa shape index (κ2) is 8.42. The molecular formula is C25H18F2N6O2S. The molecule has 11 heteroatoms. The summed E-state index contributed by atoms with van der Waals surface area (Å²) in [5.41, 5.74) is 5.15. The van der Waals surface area contributed by atoms with Crippen molar-refractivity contribution in [2.75, 3.05) is 9.80 Å². The Balaban J connectivity index is 1.72. The average Bonchev–Trinajstić information content (AvgIpc) is 3.05. The van der Waals surface area contributed by atoms with Crippen LogP contribution in [-0.4, -0.2) is 32.4 Å². The Morgan fingerprint density at radius 2 is 1.97 bits per heavy atom. The van der Waals surface area contributed by atoms with Crippen molar-refractivity contribution < 1.29 is 18.4 Å². The molecule has 1 aliphatic heterocycles. The summed E-state index contributed by atoms with van der Waals surface area (Å²) in [6, 6.07) is 7.38. The quantitative estimate of drug-likeness (QED) is 0.538. The molecule has 1 aliphatic carbocycles. The SMILES string of the molecule is Cc1cc(N2C(=O)C3(CCC3)N(c3ccc(C(N)=O)c(F)c3-c3cncc(F)c3)C2=S)cnc1C#N. The molecule has 3 aromatic rings. The predicted octanol–water partition coefficient (Wildman–Crippen LogP) is 3.76. The number of amides is 2. The average molecular weight is 505 g/mol. The van der Waals surface area contributed by atoms with Crippen molar-refractivity contribution in [3.8, 4) is 17.2 Å². The lowest BCUT2D eigenvalue weighted by molar-refractivity contribution is -0.123. The zero-order valence-electron chi connectivity index (χ0n) is 19.0. The van der Waals surface area contributed by atoms with Gasteiger partial charge in [0.2, 0.25) is 0 Å². The maximum absolute atomic E-state index is 15.7. The number of nitrogens with zero attached hydrogens (tertiary/aromatic N) is 5. The molecule has 0 bridgehead atoms. The Morgan fingerprint density at radius 3 is 2.56 bits per heavy atom. The summed E-state index contributed by atoms with van der Waals surface area (Å²) in [7, 11) is 0. The second-order valence-electron chi connectivity index (χ2n) is 8.69. The highest BCUT2D eigenvalue weighted by Crippen LogP contribution is 2.50. The zero-order chi connectivity index (χ0) is 25.8. The van der Waals surface area contributed by atoms with Crippen molar-refractivity contribution in [3.63, 3.8) is 0 Å². The van der Waals surface area contributed by atoms with Crippen LogP contribution in [-0.2, 0) is 4.79 Å². The first-order chi connectivity index (χ1) is 17.2. The number of rotatable bonds is 4. The number of nitriles is 1. The number of primary amides is 1. The fourth-order valence-electron chi connectivity index (χ4n) is 4.75. The standard InChI is InChI=1S/C25H18F2N6O2S/c1-13-7-16(12-31-18(13)9-28)32-23(35)25(5-2-6-25)33(24(32)36)19-4-3-17(22(29)34)21(27)20(19)14-8-15(26)11-30-10-14/h3-4,7-8,10-12H,2,5-6H2,1H3,(H2,29,34). The van der Waals surface area contributed by atoms with Crippen LogP contribution in [0.15, 0.2) is 42.9 Å². The summed E-state index contributed by atoms with van der Waals surface area (Å²) >= 11 is 5.75. The third-order valence-corrected chi connectivity index (χ3v) is 7.01. The molecule has 36 heavy (non-hydrogen) atoms. The van der Waals surface area contributed by atoms with Crippen LogP contribution in [0, 0.1) is 29.9 Å². The number of hydrogen-bond donors (Lipinski definition) is 1. The first-order valence-corrected chi connectivity index (χ1v) is 11.4. The molecule has 3 heterocycles. The van der Waals surface area contributed by atoms with E-state index in [1.165, 1.54) is 29.4 Å². The number of anilines is 2. The number of nitrogens with two attached hydrogens (primary N) is 1. The molecule has 2 aliphatic rings. The molecule has 0 atom stereocenters. The molecule has 2 fully saturated rings. The molecule has 180 valence electrons. The van der Waals surface area contributed by atoms with Gasteiger partial charge in [-0.3, -0.25) is 19.5 Å². The van der Waals surface area contributed by atoms with Crippen LogP contribution in [0.4, 0.5) is 20.2 Å². The van der Waals surface area contributed by atoms with E-state index < -0.39 is 23.1 Å². The number of carbonyl (C=O) groups is 2. The maximum atomic E-state index is 15.7. The normalized spacial score (nSPS) is 16.3. The number of carbonyl (C=O) groups excluding carboxylic acids is 2. The van der Waals surface area contributed by atoms with Gasteiger partial charge in [0.1, 0.15) is 28.9 Å². The van der Waals surface area contributed by atoms with Crippen LogP contribution < -0.4 is 15.5 Å². The molecule has 1 spiro atoms. The molecular weight excluding hydrogens is 486 g/mol. The minimum atomic E-state index is -1.09. The number of hydrogen-bond acceptors (Lipinski definition) is 6. The van der Waals surface area contributed by atoms with Crippen molar-refractivity contribution in [3.05, 3.63) is 71.3 Å². The van der Waals surface area contributed by atoms with Gasteiger partial charge in [-0.25, -0.2) is 13.8 Å². The molecule has 2 aromatic heterocycles. The third kappa shape index (κ3) is 3.33. The van der Waals surface area contributed by atoms with Gasteiger partial charge in [0, 0.05) is 17.3 Å². The summed E-state index contributed by atoms with van der Waals surface area (Å²) in [4.78, 5) is 36.5. The summed E-state index contributed by atoms with van der Waals surface area (Å²) in [6.45, 7) is 1.70. The number of pyridine rings is 2. The Bertz CT molecular complexity index is 1510. The summed E-state index contributed by atoms with van der Waals surface area (Å²) in [5.74, 6) is -2.98. The van der Waals surface area contributed by atoms with Crippen molar-refractivity contribution >= 4 is 40.5 Å². The Morgan fingerprint density at radius 1 is 1.22 bits per heavy atom. The monoisotopic (exact) mass is 504 g/mol. The van der Waals surface area contributed by atoms with Crippen LogP contribution in [0.5, 0.6) is 0 Å². The zero-order valence-corrected chi connectivity index (χ0v) is 19.8. The van der Waals surface area contributed by atoms with Crippen LogP contribution in [0.25, 0.3) is 11.1 Å². The van der Waals surface area contributed by atoms with Gasteiger partial charge < -0.3 is 10.6 Å². The van der Waals surface area contributed by atoms with E-state index in [1.54, 1.807) is 17.9 Å². The van der Waals surface area contributed by atoms with E-state index in [0.29, 0.717) is 24.1 Å². The van der Waals surface area contributed by atoms with Crippen LogP contribution in [0.1, 0.15) is 40.9 Å². The van der Waals surface area contributed by atoms with Crippen molar-refractivity contribution in [1.82, 2.24) is 9.97 Å². The van der Waals surface area contributed by atoms with E-state index in [-0.39, 0.29) is 39.1 Å². The molecule has 8 nitrogen and oxygen atoms in total. The van der Waals surface area contributed by atoms with Crippen LogP contribution >= 0.6 is 12.2 Å². The Kier molecular flexibility index (Phi) is 5.49. The van der Waals surface area contributed by atoms with Crippen molar-refractivity contribution in [2.45, 2.75) is 31.7 Å². The van der Waals surface area contributed by atoms with Gasteiger partial charge in [-0.05, 0) is 68.2 Å². The third-order valence-electron chi connectivity index (χ3n) is 6.64. The first-order valence-electron chi connectivity index (χ1n) is 11.0. The summed E-state index contributed by atoms with van der Waals surface area (Å²) in [5, 5.41) is 9.29. The lowest BCUT2D eigenvalue weighted by atomic mass is 9.75. The van der Waals surface area contributed by atoms with Crippen LogP contribution in [0.3, 0.4) is 0 Å². The van der Waals surface area contributed by atoms with E-state index in [9.17, 15) is 19.2 Å². The first kappa shape index (κ1) is 23.4. The topological polar surface area (TPSA) is 116 Å². The maximum Gasteiger partial charge on any atom is 0.259 e. The highest BCUT2D eigenvalue weighted by Gasteiger charge is 2.60. The lowest BCUT2D eigenvalue weighted by Gasteiger charge is -2.43. The minimum absolute atomic E-state index is 0.0599. The van der Waals surface area contributed by atoms with E-state index in [0.717, 1.165) is 18.7 Å². The van der Waals surface area contributed by atoms with Gasteiger partial charge in [0.05, 0.1) is 29.3 Å². The highest BCUT2D eigenvalue weighted by atomic mass is 32.1. The lowest BCUT2D eigenvalue weighted by Crippen LogP contribution is -2.55. The summed E-state index contributed by atoms with van der Waals surface area (Å²) in [6.07, 6.45) is 5.26. The molecule has 1 saturated carbocycles. The number of aryl methyl sites for hydroxylation is 1. The second-order valence-corrected chi connectivity index (χ2v) is 9.06. The minimum Gasteiger partial charge on any atom is -0.366 e.